The summed E-state index contributed by atoms with van der Waals surface area (Å²) < 4.78 is 0.739. The molecule has 0 bridgehead atoms. The van der Waals surface area contributed by atoms with Gasteiger partial charge < -0.3 is 15.2 Å². The van der Waals surface area contributed by atoms with Crippen molar-refractivity contribution in [1.82, 2.24) is 0 Å². The second-order valence-electron chi connectivity index (χ2n) is 3.12. The summed E-state index contributed by atoms with van der Waals surface area (Å²) in [5, 5.41) is 12.6. The minimum absolute atomic E-state index is 0.520. The van der Waals surface area contributed by atoms with E-state index in [1.807, 2.05) is 19.1 Å². The molecule has 0 fully saturated rings. The Morgan fingerprint density at radius 3 is 2.62 bits per heavy atom. The summed E-state index contributed by atoms with van der Waals surface area (Å²) in [6, 6.07) is 5.41. The number of anilines is 1. The second kappa shape index (κ2) is 5.46. The van der Waals surface area contributed by atoms with E-state index >= 15 is 0 Å². The fourth-order valence-corrected chi connectivity index (χ4v) is 1.63. The number of carboxylic acid groups (broad SMARTS) is 1. The van der Waals surface area contributed by atoms with E-state index in [2.05, 4.69) is 21.2 Å². The van der Waals surface area contributed by atoms with E-state index in [1.54, 1.807) is 6.07 Å². The largest absolute Gasteiger partial charge is 0.545 e. The van der Waals surface area contributed by atoms with Crippen molar-refractivity contribution in [2.75, 3.05) is 5.32 Å². The van der Waals surface area contributed by atoms with Crippen LogP contribution in [0.25, 0.3) is 0 Å². The number of carbonyl (C=O) groups excluding carboxylic acids is 2. The predicted molar refractivity (Wildman–Crippen MR) is 61.7 cm³/mol. The maximum Gasteiger partial charge on any atom is 0.248 e. The first-order valence-electron chi connectivity index (χ1n) is 4.45. The molecule has 0 spiro atoms. The van der Waals surface area contributed by atoms with Gasteiger partial charge in [0.15, 0.2) is 0 Å². The number of nitrogens with one attached hydrogen (secondary N) is 1. The van der Waals surface area contributed by atoms with Gasteiger partial charge in [-0.15, -0.1) is 0 Å². The fraction of sp³-hybridized carbons (Fsp3) is 0.0909. The zero-order chi connectivity index (χ0) is 12.1. The van der Waals surface area contributed by atoms with E-state index in [9.17, 15) is 14.7 Å². The van der Waals surface area contributed by atoms with Crippen molar-refractivity contribution in [3.63, 3.8) is 0 Å². The van der Waals surface area contributed by atoms with Crippen molar-refractivity contribution in [3.05, 3.63) is 40.4 Å². The highest BCUT2D eigenvalue weighted by Gasteiger charge is 2.02. The Kier molecular flexibility index (Phi) is 4.25. The summed E-state index contributed by atoms with van der Waals surface area (Å²) in [5.74, 6) is -1.92. The van der Waals surface area contributed by atoms with Crippen LogP contribution in [0, 0.1) is 6.92 Å². The molecule has 1 N–H and O–H groups in total. The second-order valence-corrected chi connectivity index (χ2v) is 3.98. The first kappa shape index (κ1) is 12.4. The average Bonchev–Trinajstić information content (AvgIpc) is 2.19. The maximum atomic E-state index is 11.2. The van der Waals surface area contributed by atoms with E-state index in [0.717, 1.165) is 16.1 Å². The third-order valence-electron chi connectivity index (χ3n) is 1.75. The van der Waals surface area contributed by atoms with Crippen molar-refractivity contribution in [2.24, 2.45) is 0 Å². The van der Waals surface area contributed by atoms with Crippen molar-refractivity contribution < 1.29 is 14.7 Å². The lowest BCUT2D eigenvalue weighted by atomic mass is 10.2. The summed E-state index contributed by atoms with van der Waals surface area (Å²) in [6.07, 6.45) is 1.58. The molecular weight excluding hydrogens is 274 g/mol. The molecule has 0 aliphatic carbocycles. The summed E-state index contributed by atoms with van der Waals surface area (Å²) in [4.78, 5) is 21.3. The number of aryl methyl sites for hydroxylation is 1. The normalized spacial score (nSPS) is 10.4. The zero-order valence-electron chi connectivity index (χ0n) is 8.49. The lowest BCUT2D eigenvalue weighted by Gasteiger charge is -2.05. The lowest BCUT2D eigenvalue weighted by Crippen LogP contribution is -2.20. The number of hydrogen-bond donors (Lipinski definition) is 1. The van der Waals surface area contributed by atoms with E-state index in [4.69, 9.17) is 0 Å². The molecule has 1 aromatic carbocycles. The van der Waals surface area contributed by atoms with Crippen LogP contribution in [0.15, 0.2) is 34.8 Å². The van der Waals surface area contributed by atoms with E-state index < -0.39 is 11.9 Å². The molecule has 0 saturated carbocycles. The van der Waals surface area contributed by atoms with Crippen molar-refractivity contribution in [2.45, 2.75) is 6.92 Å². The molecule has 0 aliphatic rings. The molecule has 0 radical (unpaired) electrons. The fourth-order valence-electron chi connectivity index (χ4n) is 1.04. The molecule has 16 heavy (non-hydrogen) atoms. The topological polar surface area (TPSA) is 69.2 Å². The molecule has 1 rings (SSSR count). The first-order valence-corrected chi connectivity index (χ1v) is 5.24. The van der Waals surface area contributed by atoms with E-state index in [-0.39, 0.29) is 0 Å². The van der Waals surface area contributed by atoms with Gasteiger partial charge in [0.2, 0.25) is 5.91 Å². The van der Waals surface area contributed by atoms with Crippen LogP contribution < -0.4 is 10.4 Å². The maximum absolute atomic E-state index is 11.2. The van der Waals surface area contributed by atoms with Crippen LogP contribution >= 0.6 is 15.9 Å². The third kappa shape index (κ3) is 3.86. The van der Waals surface area contributed by atoms with Crippen LogP contribution in [0.4, 0.5) is 5.69 Å². The monoisotopic (exact) mass is 282 g/mol. The molecule has 0 unspecified atom stereocenters. The Bertz CT molecular complexity index is 455. The highest BCUT2D eigenvalue weighted by Crippen LogP contribution is 2.23. The Morgan fingerprint density at radius 1 is 1.38 bits per heavy atom. The molecule has 0 aliphatic heterocycles. The van der Waals surface area contributed by atoms with Gasteiger partial charge in [-0.1, -0.05) is 6.07 Å². The number of benzene rings is 1. The predicted octanol–water partition coefficient (Wildman–Crippen LogP) is 1.00. The molecule has 0 saturated heterocycles. The van der Waals surface area contributed by atoms with Crippen LogP contribution in [0.3, 0.4) is 0 Å². The highest BCUT2D eigenvalue weighted by molar-refractivity contribution is 9.10. The first-order chi connectivity index (χ1) is 7.49. The van der Waals surface area contributed by atoms with Crippen LogP contribution in [0.5, 0.6) is 0 Å². The van der Waals surface area contributed by atoms with Crippen molar-refractivity contribution >= 4 is 33.5 Å². The molecule has 0 heterocycles. The molecule has 0 atom stereocenters. The van der Waals surface area contributed by atoms with Gasteiger partial charge in [-0.05, 0) is 46.6 Å². The molecule has 0 aromatic heterocycles. The van der Waals surface area contributed by atoms with Gasteiger partial charge in [0.25, 0.3) is 0 Å². The number of carbonyl (C=O) groups is 2. The lowest BCUT2D eigenvalue weighted by molar-refractivity contribution is -0.297. The minimum Gasteiger partial charge on any atom is -0.545 e. The standard InChI is InChI=1S/C11H10BrNO3/c1-7-2-3-9(8(12)6-7)13-10(14)4-5-11(15)16/h2-6H,1H3,(H,13,14)(H,15,16)/p-1/b5-4+. The third-order valence-corrected chi connectivity index (χ3v) is 2.41. The minimum atomic E-state index is -1.40. The smallest absolute Gasteiger partial charge is 0.248 e. The number of aliphatic carboxylic acids is 1. The van der Waals surface area contributed by atoms with Gasteiger partial charge >= 0.3 is 0 Å². The highest BCUT2D eigenvalue weighted by atomic mass is 79.9. The number of halogens is 1. The molecule has 5 heteroatoms. The van der Waals surface area contributed by atoms with Gasteiger partial charge in [0.05, 0.1) is 11.7 Å². The van der Waals surface area contributed by atoms with Gasteiger partial charge in [-0.2, -0.15) is 0 Å². The number of carboxylic acids is 1. The Balaban J connectivity index is 2.73. The van der Waals surface area contributed by atoms with Gasteiger partial charge in [-0.25, -0.2) is 0 Å². The Morgan fingerprint density at radius 2 is 2.06 bits per heavy atom. The SMILES string of the molecule is Cc1ccc(NC(=O)/C=C/C(=O)[O-])c(Br)c1. The van der Waals surface area contributed by atoms with Crippen LogP contribution in [-0.4, -0.2) is 11.9 Å². The number of rotatable bonds is 3. The molecule has 84 valence electrons. The molecular formula is C11H9BrNO3-. The quantitative estimate of drug-likeness (QED) is 0.841. The van der Waals surface area contributed by atoms with E-state index in [1.165, 1.54) is 0 Å². The van der Waals surface area contributed by atoms with Crippen molar-refractivity contribution in [3.8, 4) is 0 Å². The summed E-state index contributed by atoms with van der Waals surface area (Å²) in [6.45, 7) is 1.92. The van der Waals surface area contributed by atoms with Crippen molar-refractivity contribution in [1.29, 1.82) is 0 Å². The van der Waals surface area contributed by atoms with Crippen LogP contribution in [0.2, 0.25) is 0 Å². The van der Waals surface area contributed by atoms with Crippen LogP contribution in [-0.2, 0) is 9.59 Å². The Hall–Kier alpha value is -1.62. The van der Waals surface area contributed by atoms with Gasteiger partial charge in [0, 0.05) is 10.5 Å². The molecule has 4 nitrogen and oxygen atoms in total. The average molecular weight is 283 g/mol. The van der Waals surface area contributed by atoms with Gasteiger partial charge in [0.1, 0.15) is 0 Å². The summed E-state index contributed by atoms with van der Waals surface area (Å²) in [5.41, 5.74) is 1.63. The van der Waals surface area contributed by atoms with Gasteiger partial charge in [-0.3, -0.25) is 4.79 Å². The summed E-state index contributed by atoms with van der Waals surface area (Å²) >= 11 is 3.29. The number of amides is 1. The zero-order valence-corrected chi connectivity index (χ0v) is 10.1. The van der Waals surface area contributed by atoms with Crippen LogP contribution in [0.1, 0.15) is 5.56 Å². The number of hydrogen-bond acceptors (Lipinski definition) is 3. The Labute approximate surface area is 101 Å². The molecule has 1 aromatic rings. The summed E-state index contributed by atoms with van der Waals surface area (Å²) in [7, 11) is 0. The van der Waals surface area contributed by atoms with E-state index in [0.29, 0.717) is 11.8 Å². The molecule has 1 amide bonds.